The van der Waals surface area contributed by atoms with E-state index in [1.54, 1.807) is 0 Å². The van der Waals surface area contributed by atoms with E-state index in [1.807, 2.05) is 0 Å². The van der Waals surface area contributed by atoms with Crippen molar-refractivity contribution < 1.29 is 0 Å². The van der Waals surface area contributed by atoms with Gasteiger partial charge in [0, 0.05) is 11.4 Å². The fourth-order valence-electron chi connectivity index (χ4n) is 3.75. The third-order valence-corrected chi connectivity index (χ3v) is 8.37. The smallest absolute Gasteiger partial charge is 0.0407 e. The SMILES string of the molecule is c1ccc(PCCCc2cccc(CCCPC3CCCCC3)n2)cc1. The average Bonchev–Trinajstić information content (AvgIpc) is 2.71. The van der Waals surface area contributed by atoms with Crippen molar-refractivity contribution in [2.45, 2.75) is 63.4 Å². The number of aromatic nitrogens is 1. The maximum Gasteiger partial charge on any atom is 0.0407 e. The van der Waals surface area contributed by atoms with Crippen molar-refractivity contribution in [2.75, 3.05) is 12.3 Å². The quantitative estimate of drug-likeness (QED) is 0.363. The Bertz CT molecular complexity index is 623. The maximum absolute atomic E-state index is 4.91. The van der Waals surface area contributed by atoms with Gasteiger partial charge in [0.2, 0.25) is 0 Å². The first-order chi connectivity index (χ1) is 12.9. The molecule has 1 heterocycles. The topological polar surface area (TPSA) is 12.9 Å². The Kier molecular flexibility index (Phi) is 9.10. The van der Waals surface area contributed by atoms with Crippen LogP contribution in [0.4, 0.5) is 0 Å². The van der Waals surface area contributed by atoms with Crippen LogP contribution in [0.25, 0.3) is 0 Å². The van der Waals surface area contributed by atoms with Crippen LogP contribution in [0.3, 0.4) is 0 Å². The average molecular weight is 385 g/mol. The van der Waals surface area contributed by atoms with Gasteiger partial charge in [0.25, 0.3) is 0 Å². The number of benzene rings is 1. The highest BCUT2D eigenvalue weighted by molar-refractivity contribution is 7.47. The summed E-state index contributed by atoms with van der Waals surface area (Å²) in [6.45, 7) is 0. The standard InChI is InChI=1S/C23H33NP2/c1-3-14-22(15-4-1)25-18-8-12-20-10-7-11-21(24-20)13-9-19-26-23-16-5-2-6-17-23/h1,3-4,7,10-11,14-15,23,25-26H,2,5-6,8-9,12-13,16-19H2. The van der Waals surface area contributed by atoms with Gasteiger partial charge in [0.1, 0.15) is 0 Å². The Morgan fingerprint density at radius 2 is 1.46 bits per heavy atom. The van der Waals surface area contributed by atoms with Crippen LogP contribution >= 0.6 is 17.2 Å². The van der Waals surface area contributed by atoms with E-state index in [0.29, 0.717) is 0 Å². The fourth-order valence-corrected chi connectivity index (χ4v) is 6.42. The number of hydrogen-bond acceptors (Lipinski definition) is 1. The second-order valence-corrected chi connectivity index (χ2v) is 10.6. The Morgan fingerprint density at radius 3 is 2.19 bits per heavy atom. The van der Waals surface area contributed by atoms with Gasteiger partial charge >= 0.3 is 0 Å². The Hall–Kier alpha value is -0.770. The van der Waals surface area contributed by atoms with Gasteiger partial charge in [-0.1, -0.05) is 64.2 Å². The van der Waals surface area contributed by atoms with Gasteiger partial charge in [-0.25, -0.2) is 0 Å². The molecule has 0 spiro atoms. The molecule has 26 heavy (non-hydrogen) atoms. The van der Waals surface area contributed by atoms with Crippen LogP contribution in [0.15, 0.2) is 48.5 Å². The minimum atomic E-state index is 0.928. The van der Waals surface area contributed by atoms with Crippen molar-refractivity contribution in [2.24, 2.45) is 0 Å². The molecule has 1 aromatic heterocycles. The molecule has 2 aromatic rings. The van der Waals surface area contributed by atoms with E-state index in [-0.39, 0.29) is 0 Å². The first-order valence-corrected chi connectivity index (χ1v) is 12.9. The van der Waals surface area contributed by atoms with E-state index < -0.39 is 0 Å². The summed E-state index contributed by atoms with van der Waals surface area (Å²) in [5, 5.41) is 1.48. The van der Waals surface area contributed by atoms with Crippen molar-refractivity contribution in [1.82, 2.24) is 4.98 Å². The monoisotopic (exact) mass is 385 g/mol. The molecule has 0 amide bonds. The molecule has 3 rings (SSSR count). The summed E-state index contributed by atoms with van der Waals surface area (Å²) < 4.78 is 0. The lowest BCUT2D eigenvalue weighted by Crippen LogP contribution is -2.07. The molecular formula is C23H33NP2. The molecular weight excluding hydrogens is 352 g/mol. The first-order valence-electron chi connectivity index (χ1n) is 10.4. The largest absolute Gasteiger partial charge is 0.258 e. The highest BCUT2D eigenvalue weighted by Crippen LogP contribution is 2.33. The van der Waals surface area contributed by atoms with Crippen LogP contribution in [0.1, 0.15) is 56.3 Å². The number of aryl methyl sites for hydroxylation is 2. The number of pyridine rings is 1. The molecule has 0 N–H and O–H groups in total. The lowest BCUT2D eigenvalue weighted by atomic mass is 10.0. The van der Waals surface area contributed by atoms with Gasteiger partial charge in [-0.2, -0.15) is 0 Å². The van der Waals surface area contributed by atoms with Gasteiger partial charge in [0.05, 0.1) is 0 Å². The van der Waals surface area contributed by atoms with Crippen LogP contribution in [0.5, 0.6) is 0 Å². The van der Waals surface area contributed by atoms with Crippen LogP contribution in [0, 0.1) is 0 Å². The van der Waals surface area contributed by atoms with Crippen molar-refractivity contribution >= 4 is 22.5 Å². The summed E-state index contributed by atoms with van der Waals surface area (Å²) in [6, 6.07) is 17.5. The molecule has 1 fully saturated rings. The molecule has 0 bridgehead atoms. The van der Waals surface area contributed by atoms with Crippen molar-refractivity contribution in [3.63, 3.8) is 0 Å². The van der Waals surface area contributed by atoms with Crippen molar-refractivity contribution in [3.8, 4) is 0 Å². The Morgan fingerprint density at radius 1 is 0.769 bits per heavy atom. The molecule has 3 heteroatoms. The van der Waals surface area contributed by atoms with Gasteiger partial charge in [-0.3, -0.25) is 4.98 Å². The Balaban J connectivity index is 1.32. The zero-order chi connectivity index (χ0) is 17.9. The summed E-state index contributed by atoms with van der Waals surface area (Å²) >= 11 is 0. The number of hydrogen-bond donors (Lipinski definition) is 0. The van der Waals surface area contributed by atoms with E-state index in [4.69, 9.17) is 4.98 Å². The van der Waals surface area contributed by atoms with E-state index in [9.17, 15) is 0 Å². The second kappa shape index (κ2) is 11.8. The highest BCUT2D eigenvalue weighted by atomic mass is 31.1. The van der Waals surface area contributed by atoms with Gasteiger partial charge < -0.3 is 0 Å². The zero-order valence-corrected chi connectivity index (χ0v) is 17.9. The van der Waals surface area contributed by atoms with Crippen LogP contribution in [0.2, 0.25) is 0 Å². The van der Waals surface area contributed by atoms with Crippen molar-refractivity contribution in [1.29, 1.82) is 0 Å². The summed E-state index contributed by atoms with van der Waals surface area (Å²) in [7, 11) is 2.12. The molecule has 0 saturated heterocycles. The second-order valence-electron chi connectivity index (χ2n) is 7.41. The summed E-state index contributed by atoms with van der Waals surface area (Å²) in [5.41, 5.74) is 3.64. The Labute approximate surface area is 163 Å². The van der Waals surface area contributed by atoms with Crippen molar-refractivity contribution in [3.05, 3.63) is 59.9 Å². The predicted octanol–water partition coefficient (Wildman–Crippen LogP) is 5.96. The first kappa shape index (κ1) is 20.0. The van der Waals surface area contributed by atoms with Crippen LogP contribution < -0.4 is 5.30 Å². The lowest BCUT2D eigenvalue weighted by Gasteiger charge is -2.21. The van der Waals surface area contributed by atoms with Crippen LogP contribution in [-0.4, -0.2) is 23.0 Å². The minimum Gasteiger partial charge on any atom is -0.258 e. The third-order valence-electron chi connectivity index (χ3n) is 5.22. The molecule has 1 nitrogen and oxygen atoms in total. The third kappa shape index (κ3) is 7.46. The highest BCUT2D eigenvalue weighted by Gasteiger charge is 2.12. The van der Waals surface area contributed by atoms with Gasteiger partial charge in [-0.05, 0) is 73.9 Å². The maximum atomic E-state index is 4.91. The number of nitrogens with zero attached hydrogens (tertiary/aromatic N) is 1. The van der Waals surface area contributed by atoms with Gasteiger partial charge in [-0.15, -0.1) is 8.58 Å². The fraction of sp³-hybridized carbons (Fsp3) is 0.522. The summed E-state index contributed by atoms with van der Waals surface area (Å²) in [4.78, 5) is 4.91. The molecule has 1 aliphatic rings. The minimum absolute atomic E-state index is 0.928. The normalized spacial score (nSPS) is 16.2. The van der Waals surface area contributed by atoms with Gasteiger partial charge in [0.15, 0.2) is 0 Å². The molecule has 2 atom stereocenters. The molecule has 140 valence electrons. The summed E-state index contributed by atoms with van der Waals surface area (Å²) in [6.07, 6.45) is 15.0. The molecule has 0 radical (unpaired) electrons. The summed E-state index contributed by atoms with van der Waals surface area (Å²) in [5.74, 6) is 0. The predicted molar refractivity (Wildman–Crippen MR) is 120 cm³/mol. The molecule has 1 aliphatic carbocycles. The van der Waals surface area contributed by atoms with E-state index >= 15 is 0 Å². The van der Waals surface area contributed by atoms with E-state index in [2.05, 4.69) is 48.5 Å². The molecule has 2 unspecified atom stereocenters. The number of rotatable bonds is 10. The van der Waals surface area contributed by atoms with Crippen LogP contribution in [-0.2, 0) is 12.8 Å². The molecule has 1 saturated carbocycles. The van der Waals surface area contributed by atoms with E-state index in [0.717, 1.165) is 20.7 Å². The lowest BCUT2D eigenvalue weighted by molar-refractivity contribution is 0.513. The molecule has 0 aliphatic heterocycles. The zero-order valence-electron chi connectivity index (χ0n) is 15.9. The molecule has 1 aromatic carbocycles. The van der Waals surface area contributed by atoms with E-state index in [1.165, 1.54) is 89.0 Å².